The van der Waals surface area contributed by atoms with Crippen molar-refractivity contribution in [3.8, 4) is 11.1 Å². The van der Waals surface area contributed by atoms with Crippen LogP contribution in [0.4, 0.5) is 0 Å². The number of carbonyl (C=O) groups is 2. The maximum atomic E-state index is 12.6. The van der Waals surface area contributed by atoms with Crippen LogP contribution < -0.4 is 0 Å². The van der Waals surface area contributed by atoms with Crippen LogP contribution in [0.1, 0.15) is 34.7 Å². The van der Waals surface area contributed by atoms with Crippen LogP contribution in [-0.2, 0) is 4.79 Å². The van der Waals surface area contributed by atoms with Crippen LogP contribution in [0.25, 0.3) is 11.1 Å². The average Bonchev–Trinajstić information content (AvgIpc) is 2.93. The Bertz CT molecular complexity index is 736. The predicted octanol–water partition coefficient (Wildman–Crippen LogP) is 2.90. The van der Waals surface area contributed by atoms with E-state index < -0.39 is 5.97 Å². The number of aromatic nitrogens is 1. The van der Waals surface area contributed by atoms with Crippen molar-refractivity contribution in [2.45, 2.75) is 26.7 Å². The number of piperidine rings is 1. The summed E-state index contributed by atoms with van der Waals surface area (Å²) in [7, 11) is 0. The minimum Gasteiger partial charge on any atom is -0.481 e. The number of rotatable bonds is 3. The molecular formula is C18H20N2O4. The number of carbonyl (C=O) groups excluding carboxylic acids is 1. The number of aryl methyl sites for hydroxylation is 2. The molecule has 24 heavy (non-hydrogen) atoms. The molecule has 3 rings (SSSR count). The van der Waals surface area contributed by atoms with Crippen LogP contribution in [0.5, 0.6) is 0 Å². The lowest BCUT2D eigenvalue weighted by atomic mass is 9.96. The van der Waals surface area contributed by atoms with Crippen LogP contribution in [-0.4, -0.2) is 40.1 Å². The third-order valence-electron chi connectivity index (χ3n) is 4.59. The quantitative estimate of drug-likeness (QED) is 0.936. The van der Waals surface area contributed by atoms with Crippen LogP contribution in [0.2, 0.25) is 0 Å². The van der Waals surface area contributed by atoms with E-state index in [4.69, 9.17) is 9.63 Å². The SMILES string of the molecule is Cc1noc(C)c1-c1ccc(C(=O)N2CCC(C(=O)O)CC2)cc1. The fourth-order valence-corrected chi connectivity index (χ4v) is 3.19. The Morgan fingerprint density at radius 3 is 2.29 bits per heavy atom. The molecule has 1 aliphatic heterocycles. The fraction of sp³-hybridized carbons (Fsp3) is 0.389. The van der Waals surface area contributed by atoms with E-state index in [1.54, 1.807) is 17.0 Å². The highest BCUT2D eigenvalue weighted by atomic mass is 16.5. The number of likely N-dealkylation sites (tertiary alicyclic amines) is 1. The van der Waals surface area contributed by atoms with E-state index >= 15 is 0 Å². The summed E-state index contributed by atoms with van der Waals surface area (Å²) in [5, 5.41) is 13.0. The molecular weight excluding hydrogens is 308 g/mol. The number of carboxylic acids is 1. The Hall–Kier alpha value is -2.63. The van der Waals surface area contributed by atoms with Gasteiger partial charge in [0.2, 0.25) is 0 Å². The Balaban J connectivity index is 1.72. The molecule has 1 N–H and O–H groups in total. The zero-order valence-corrected chi connectivity index (χ0v) is 13.8. The number of hydrogen-bond acceptors (Lipinski definition) is 4. The van der Waals surface area contributed by atoms with Gasteiger partial charge < -0.3 is 14.5 Å². The molecule has 0 spiro atoms. The molecule has 0 saturated carbocycles. The molecule has 1 saturated heterocycles. The maximum Gasteiger partial charge on any atom is 0.306 e. The summed E-state index contributed by atoms with van der Waals surface area (Å²) >= 11 is 0. The highest BCUT2D eigenvalue weighted by Crippen LogP contribution is 2.27. The lowest BCUT2D eigenvalue weighted by Gasteiger charge is -2.30. The van der Waals surface area contributed by atoms with Crippen LogP contribution in [0.15, 0.2) is 28.8 Å². The molecule has 1 fully saturated rings. The monoisotopic (exact) mass is 328 g/mol. The first kappa shape index (κ1) is 16.2. The van der Waals surface area contributed by atoms with Gasteiger partial charge in [0.25, 0.3) is 5.91 Å². The number of carboxylic acid groups (broad SMARTS) is 1. The van der Waals surface area contributed by atoms with Crippen molar-refractivity contribution in [1.29, 1.82) is 0 Å². The highest BCUT2D eigenvalue weighted by molar-refractivity contribution is 5.95. The summed E-state index contributed by atoms with van der Waals surface area (Å²) in [6.07, 6.45) is 1.02. The van der Waals surface area contributed by atoms with Crippen molar-refractivity contribution < 1.29 is 19.2 Å². The van der Waals surface area contributed by atoms with E-state index in [-0.39, 0.29) is 11.8 Å². The minimum atomic E-state index is -0.772. The van der Waals surface area contributed by atoms with Gasteiger partial charge in [-0.3, -0.25) is 9.59 Å². The molecule has 0 radical (unpaired) electrons. The van der Waals surface area contributed by atoms with Crippen LogP contribution in [0, 0.1) is 19.8 Å². The van der Waals surface area contributed by atoms with Gasteiger partial charge in [0.05, 0.1) is 11.6 Å². The highest BCUT2D eigenvalue weighted by Gasteiger charge is 2.27. The molecule has 0 unspecified atom stereocenters. The zero-order valence-electron chi connectivity index (χ0n) is 13.8. The first-order valence-corrected chi connectivity index (χ1v) is 8.02. The maximum absolute atomic E-state index is 12.6. The topological polar surface area (TPSA) is 83.6 Å². The van der Waals surface area contributed by atoms with E-state index in [1.807, 2.05) is 26.0 Å². The van der Waals surface area contributed by atoms with Gasteiger partial charge in [0.15, 0.2) is 0 Å². The van der Waals surface area contributed by atoms with Crippen molar-refractivity contribution in [2.75, 3.05) is 13.1 Å². The molecule has 2 heterocycles. The van der Waals surface area contributed by atoms with Gasteiger partial charge in [-0.2, -0.15) is 0 Å². The van der Waals surface area contributed by atoms with Gasteiger partial charge in [-0.25, -0.2) is 0 Å². The first-order valence-electron chi connectivity index (χ1n) is 8.02. The largest absolute Gasteiger partial charge is 0.481 e. The van der Waals surface area contributed by atoms with Crippen molar-refractivity contribution >= 4 is 11.9 Å². The Morgan fingerprint density at radius 2 is 1.79 bits per heavy atom. The molecule has 0 atom stereocenters. The molecule has 1 aromatic carbocycles. The summed E-state index contributed by atoms with van der Waals surface area (Å²) in [6.45, 7) is 4.72. The van der Waals surface area contributed by atoms with Gasteiger partial charge in [0.1, 0.15) is 5.76 Å². The summed E-state index contributed by atoms with van der Waals surface area (Å²) in [6, 6.07) is 7.38. The summed E-state index contributed by atoms with van der Waals surface area (Å²) in [5.41, 5.74) is 3.35. The smallest absolute Gasteiger partial charge is 0.306 e. The lowest BCUT2D eigenvalue weighted by Crippen LogP contribution is -2.40. The number of hydrogen-bond donors (Lipinski definition) is 1. The Labute approximate surface area is 140 Å². The van der Waals surface area contributed by atoms with E-state index in [1.165, 1.54) is 0 Å². The fourth-order valence-electron chi connectivity index (χ4n) is 3.19. The molecule has 1 amide bonds. The normalized spacial score (nSPS) is 15.5. The van der Waals surface area contributed by atoms with Gasteiger partial charge in [-0.1, -0.05) is 17.3 Å². The second-order valence-electron chi connectivity index (χ2n) is 6.18. The molecule has 0 aliphatic carbocycles. The van der Waals surface area contributed by atoms with Gasteiger partial charge in [-0.15, -0.1) is 0 Å². The standard InChI is InChI=1S/C18H20N2O4/c1-11-16(12(2)24-19-11)13-3-5-14(6-4-13)17(21)20-9-7-15(8-10-20)18(22)23/h3-6,15H,7-10H2,1-2H3,(H,22,23). The summed E-state index contributed by atoms with van der Waals surface area (Å²) < 4.78 is 5.18. The first-order chi connectivity index (χ1) is 11.5. The summed E-state index contributed by atoms with van der Waals surface area (Å²) in [4.78, 5) is 25.3. The molecule has 1 aromatic heterocycles. The summed E-state index contributed by atoms with van der Waals surface area (Å²) in [5.74, 6) is -0.409. The van der Waals surface area contributed by atoms with E-state index in [0.29, 0.717) is 31.5 Å². The number of benzene rings is 1. The van der Waals surface area contributed by atoms with Crippen molar-refractivity contribution in [1.82, 2.24) is 10.1 Å². The van der Waals surface area contributed by atoms with Crippen molar-refractivity contribution in [3.05, 3.63) is 41.3 Å². The molecule has 6 nitrogen and oxygen atoms in total. The van der Waals surface area contributed by atoms with E-state index in [9.17, 15) is 9.59 Å². The second-order valence-corrected chi connectivity index (χ2v) is 6.18. The number of aliphatic carboxylic acids is 1. The van der Waals surface area contributed by atoms with E-state index in [0.717, 1.165) is 22.6 Å². The predicted molar refractivity (Wildman–Crippen MR) is 87.7 cm³/mol. The molecule has 126 valence electrons. The molecule has 6 heteroatoms. The zero-order chi connectivity index (χ0) is 17.3. The minimum absolute atomic E-state index is 0.0517. The van der Waals surface area contributed by atoms with Crippen molar-refractivity contribution in [2.24, 2.45) is 5.92 Å². The Kier molecular flexibility index (Phi) is 4.38. The average molecular weight is 328 g/mol. The second kappa shape index (κ2) is 6.47. The van der Waals surface area contributed by atoms with Gasteiger partial charge in [0, 0.05) is 24.2 Å². The third kappa shape index (κ3) is 3.04. The lowest BCUT2D eigenvalue weighted by molar-refractivity contribution is -0.143. The number of nitrogens with zero attached hydrogens (tertiary/aromatic N) is 2. The van der Waals surface area contributed by atoms with Crippen LogP contribution >= 0.6 is 0 Å². The molecule has 2 aromatic rings. The van der Waals surface area contributed by atoms with Crippen molar-refractivity contribution in [3.63, 3.8) is 0 Å². The van der Waals surface area contributed by atoms with E-state index in [2.05, 4.69) is 5.16 Å². The Morgan fingerprint density at radius 1 is 1.17 bits per heavy atom. The number of amides is 1. The van der Waals surface area contributed by atoms with Crippen LogP contribution in [0.3, 0.4) is 0 Å². The van der Waals surface area contributed by atoms with Gasteiger partial charge >= 0.3 is 5.97 Å². The van der Waals surface area contributed by atoms with Gasteiger partial charge in [-0.05, 0) is 44.4 Å². The molecule has 0 bridgehead atoms. The third-order valence-corrected chi connectivity index (χ3v) is 4.59. The molecule has 1 aliphatic rings.